The van der Waals surface area contributed by atoms with E-state index in [1.807, 2.05) is 0 Å². The number of H-pyrrole nitrogens is 2. The average molecular weight is 268 g/mol. The van der Waals surface area contributed by atoms with Crippen LogP contribution in [-0.4, -0.2) is 51.2 Å². The topological polar surface area (TPSA) is 123 Å². The zero-order chi connectivity index (χ0) is 13.8. The molecule has 2 rings (SSSR count). The molecule has 2 aromatic heterocycles. The van der Waals surface area contributed by atoms with Gasteiger partial charge in [0.25, 0.3) is 5.56 Å². The molecule has 0 amide bonds. The van der Waals surface area contributed by atoms with Crippen molar-refractivity contribution in [3.8, 4) is 0 Å². The minimum atomic E-state index is -1.02. The molecule has 19 heavy (non-hydrogen) atoms. The number of aliphatic hydroxyl groups excluding tert-OH is 2. The Kier molecular flexibility index (Phi) is 4.27. The van der Waals surface area contributed by atoms with Crippen molar-refractivity contribution in [3.05, 3.63) is 28.4 Å². The normalized spacial score (nSPS) is 14.7. The van der Waals surface area contributed by atoms with Crippen molar-refractivity contribution >= 4 is 11.0 Å². The van der Waals surface area contributed by atoms with Gasteiger partial charge >= 0.3 is 0 Å². The third-order valence-corrected chi connectivity index (χ3v) is 2.83. The first-order chi connectivity index (χ1) is 9.17. The maximum atomic E-state index is 11.5. The van der Waals surface area contributed by atoms with Gasteiger partial charge in [-0.1, -0.05) is 0 Å². The Labute approximate surface area is 108 Å². The number of aromatic nitrogens is 3. The van der Waals surface area contributed by atoms with Crippen LogP contribution in [0.15, 0.2) is 17.3 Å². The fraction of sp³-hybridized carbons (Fsp3) is 0.455. The summed E-state index contributed by atoms with van der Waals surface area (Å²) in [6.45, 7) is -0.0661. The van der Waals surface area contributed by atoms with Crippen LogP contribution in [0.2, 0.25) is 0 Å². The van der Waals surface area contributed by atoms with Crippen molar-refractivity contribution in [3.63, 3.8) is 0 Å². The summed E-state index contributed by atoms with van der Waals surface area (Å²) in [5.74, 6) is 0. The molecule has 2 aromatic rings. The molecule has 2 heterocycles. The highest BCUT2D eigenvalue weighted by Crippen LogP contribution is 2.11. The second kappa shape index (κ2) is 5.93. The largest absolute Gasteiger partial charge is 0.394 e. The lowest BCUT2D eigenvalue weighted by molar-refractivity contribution is -0.0550. The van der Waals surface area contributed by atoms with Crippen molar-refractivity contribution in [2.75, 3.05) is 13.7 Å². The highest BCUT2D eigenvalue weighted by molar-refractivity contribution is 5.77. The zero-order valence-corrected chi connectivity index (χ0v) is 10.4. The standard InChI is InChI=1S/C11H16N4O4/c1-19-11(7(17)4-16)13-3-6-2-12-9-8(6)14-5-15-10(9)18/h2,5,7,11-13,16-17H,3-4H2,1H3,(H,14,15,18)/t7-,11+/m0/s1. The van der Waals surface area contributed by atoms with Crippen LogP contribution in [0.5, 0.6) is 0 Å². The lowest BCUT2D eigenvalue weighted by atomic mass is 10.2. The molecule has 8 nitrogen and oxygen atoms in total. The Morgan fingerprint density at radius 2 is 2.32 bits per heavy atom. The van der Waals surface area contributed by atoms with Gasteiger partial charge in [0, 0.05) is 25.4 Å². The summed E-state index contributed by atoms with van der Waals surface area (Å²) >= 11 is 0. The van der Waals surface area contributed by atoms with Gasteiger partial charge in [0.2, 0.25) is 0 Å². The fourth-order valence-corrected chi connectivity index (χ4v) is 1.82. The van der Waals surface area contributed by atoms with Gasteiger partial charge in [-0.3, -0.25) is 10.1 Å². The van der Waals surface area contributed by atoms with E-state index in [1.54, 1.807) is 6.20 Å². The molecule has 0 aliphatic rings. The van der Waals surface area contributed by atoms with Gasteiger partial charge < -0.3 is 24.9 Å². The van der Waals surface area contributed by atoms with Gasteiger partial charge in [0.05, 0.1) is 18.5 Å². The van der Waals surface area contributed by atoms with Gasteiger partial charge in [-0.15, -0.1) is 0 Å². The summed E-state index contributed by atoms with van der Waals surface area (Å²) in [5, 5.41) is 21.3. The monoisotopic (exact) mass is 268 g/mol. The van der Waals surface area contributed by atoms with E-state index in [-0.39, 0.29) is 5.56 Å². The first kappa shape index (κ1) is 13.7. The quantitative estimate of drug-likeness (QED) is 0.413. The van der Waals surface area contributed by atoms with Crippen molar-refractivity contribution in [1.82, 2.24) is 20.3 Å². The summed E-state index contributed by atoms with van der Waals surface area (Å²) in [4.78, 5) is 20.9. The molecular weight excluding hydrogens is 252 g/mol. The van der Waals surface area contributed by atoms with E-state index >= 15 is 0 Å². The van der Waals surface area contributed by atoms with Gasteiger partial charge in [0.1, 0.15) is 17.8 Å². The number of rotatable bonds is 6. The highest BCUT2D eigenvalue weighted by atomic mass is 16.5. The Morgan fingerprint density at radius 1 is 1.53 bits per heavy atom. The molecular formula is C11H16N4O4. The molecule has 2 atom stereocenters. The molecule has 0 aliphatic heterocycles. The van der Waals surface area contributed by atoms with E-state index in [4.69, 9.17) is 9.84 Å². The second-order valence-electron chi connectivity index (χ2n) is 4.06. The van der Waals surface area contributed by atoms with E-state index in [0.717, 1.165) is 5.56 Å². The van der Waals surface area contributed by atoms with E-state index in [0.29, 0.717) is 17.6 Å². The summed E-state index contributed by atoms with van der Waals surface area (Å²) in [7, 11) is 1.43. The fourth-order valence-electron chi connectivity index (χ4n) is 1.82. The summed E-state index contributed by atoms with van der Waals surface area (Å²) in [6, 6.07) is 0. The summed E-state index contributed by atoms with van der Waals surface area (Å²) < 4.78 is 5.02. The Balaban J connectivity index is 2.14. The molecule has 0 radical (unpaired) electrons. The number of methoxy groups -OCH3 is 1. The maximum Gasteiger partial charge on any atom is 0.275 e. The number of nitrogens with one attached hydrogen (secondary N) is 3. The highest BCUT2D eigenvalue weighted by Gasteiger charge is 2.18. The van der Waals surface area contributed by atoms with Crippen molar-refractivity contribution in [2.24, 2.45) is 0 Å². The Morgan fingerprint density at radius 3 is 3.00 bits per heavy atom. The number of ether oxygens (including phenoxy) is 1. The molecule has 0 bridgehead atoms. The van der Waals surface area contributed by atoms with Crippen LogP contribution >= 0.6 is 0 Å². The Bertz CT molecular complexity index is 594. The molecule has 0 saturated carbocycles. The van der Waals surface area contributed by atoms with Crippen LogP contribution in [-0.2, 0) is 11.3 Å². The molecule has 0 spiro atoms. The van der Waals surface area contributed by atoms with Crippen LogP contribution in [0.1, 0.15) is 5.56 Å². The number of hydrogen-bond donors (Lipinski definition) is 5. The number of nitrogens with zero attached hydrogens (tertiary/aromatic N) is 1. The predicted octanol–water partition coefficient (Wildman–Crippen LogP) is -1.33. The molecule has 0 aliphatic carbocycles. The molecule has 0 saturated heterocycles. The molecule has 0 fully saturated rings. The predicted molar refractivity (Wildman–Crippen MR) is 67.4 cm³/mol. The van der Waals surface area contributed by atoms with Gasteiger partial charge in [0.15, 0.2) is 0 Å². The molecule has 0 aromatic carbocycles. The van der Waals surface area contributed by atoms with E-state index in [1.165, 1.54) is 13.4 Å². The lowest BCUT2D eigenvalue weighted by Gasteiger charge is -2.20. The summed E-state index contributed by atoms with van der Waals surface area (Å²) in [6.07, 6.45) is 1.28. The van der Waals surface area contributed by atoms with Gasteiger partial charge in [-0.2, -0.15) is 0 Å². The van der Waals surface area contributed by atoms with Crippen LogP contribution in [0.3, 0.4) is 0 Å². The third kappa shape index (κ3) is 2.82. The minimum absolute atomic E-state index is 0.241. The number of aliphatic hydroxyl groups is 2. The zero-order valence-electron chi connectivity index (χ0n) is 10.4. The lowest BCUT2D eigenvalue weighted by Crippen LogP contribution is -2.42. The van der Waals surface area contributed by atoms with Crippen LogP contribution in [0.4, 0.5) is 0 Å². The van der Waals surface area contributed by atoms with E-state index in [9.17, 15) is 9.90 Å². The van der Waals surface area contributed by atoms with Crippen molar-refractivity contribution < 1.29 is 14.9 Å². The maximum absolute atomic E-state index is 11.5. The van der Waals surface area contributed by atoms with Gasteiger partial charge in [-0.25, -0.2) is 4.98 Å². The average Bonchev–Trinajstić information content (AvgIpc) is 2.84. The number of fused-ring (bicyclic) bond motifs is 1. The minimum Gasteiger partial charge on any atom is -0.394 e. The van der Waals surface area contributed by atoms with Gasteiger partial charge in [-0.05, 0) is 0 Å². The van der Waals surface area contributed by atoms with Crippen LogP contribution in [0, 0.1) is 0 Å². The van der Waals surface area contributed by atoms with E-state index in [2.05, 4.69) is 20.3 Å². The van der Waals surface area contributed by atoms with Crippen LogP contribution in [0.25, 0.3) is 11.0 Å². The molecule has 0 unspecified atom stereocenters. The first-order valence-electron chi connectivity index (χ1n) is 5.76. The van der Waals surface area contributed by atoms with Crippen LogP contribution < -0.4 is 10.9 Å². The van der Waals surface area contributed by atoms with Crippen molar-refractivity contribution in [2.45, 2.75) is 18.9 Å². The molecule has 5 N–H and O–H groups in total. The van der Waals surface area contributed by atoms with Crippen molar-refractivity contribution in [1.29, 1.82) is 0 Å². The number of hydrogen-bond acceptors (Lipinski definition) is 6. The second-order valence-corrected chi connectivity index (χ2v) is 4.06. The molecule has 8 heteroatoms. The Hall–Kier alpha value is -1.74. The number of aromatic amines is 2. The smallest absolute Gasteiger partial charge is 0.275 e. The SMILES string of the molecule is CO[C@@H](NCc1c[nH]c2c(=O)[nH]cnc12)[C@@H](O)CO. The summed E-state index contributed by atoms with van der Waals surface area (Å²) in [5.41, 5.74) is 1.49. The third-order valence-electron chi connectivity index (χ3n) is 2.83. The van der Waals surface area contributed by atoms with E-state index < -0.39 is 18.9 Å². The molecule has 104 valence electrons. The first-order valence-corrected chi connectivity index (χ1v) is 5.76.